The van der Waals surface area contributed by atoms with E-state index in [0.717, 1.165) is 29.9 Å². The molecule has 2 aromatic rings. The Labute approximate surface area is 152 Å². The van der Waals surface area contributed by atoms with Gasteiger partial charge in [-0.2, -0.15) is 5.10 Å². The van der Waals surface area contributed by atoms with Crippen LogP contribution in [0.15, 0.2) is 35.4 Å². The minimum Gasteiger partial charge on any atom is -0.490 e. The summed E-state index contributed by atoms with van der Waals surface area (Å²) >= 11 is 1.74. The molecule has 1 amide bonds. The van der Waals surface area contributed by atoms with Gasteiger partial charge in [0.25, 0.3) is 5.91 Å². The van der Waals surface area contributed by atoms with Gasteiger partial charge < -0.3 is 4.74 Å². The average Bonchev–Trinajstić information content (AvgIpc) is 3.22. The number of aryl methyl sites for hydroxylation is 2. The van der Waals surface area contributed by atoms with Crippen LogP contribution in [-0.4, -0.2) is 17.7 Å². The van der Waals surface area contributed by atoms with Gasteiger partial charge in [0.05, 0.1) is 11.8 Å². The van der Waals surface area contributed by atoms with Crippen LogP contribution in [0.25, 0.3) is 0 Å². The smallest absolute Gasteiger partial charge is 0.271 e. The lowest BCUT2D eigenvalue weighted by molar-refractivity contribution is 0.0955. The Balaban J connectivity index is 1.60. The van der Waals surface area contributed by atoms with Crippen molar-refractivity contribution in [3.05, 3.63) is 51.2 Å². The fourth-order valence-corrected chi connectivity index (χ4v) is 4.11. The molecule has 1 fully saturated rings. The molecule has 1 N–H and O–H groups in total. The zero-order valence-electron chi connectivity index (χ0n) is 15.0. The van der Waals surface area contributed by atoms with Crippen LogP contribution in [0.1, 0.15) is 58.3 Å². The van der Waals surface area contributed by atoms with E-state index in [-0.39, 0.29) is 5.91 Å². The van der Waals surface area contributed by atoms with Gasteiger partial charge in [-0.25, -0.2) is 5.43 Å². The number of hydrazone groups is 1. The van der Waals surface area contributed by atoms with Gasteiger partial charge in [-0.1, -0.05) is 0 Å². The first-order valence-corrected chi connectivity index (χ1v) is 9.53. The summed E-state index contributed by atoms with van der Waals surface area (Å²) in [6.07, 6.45) is 5.05. The third kappa shape index (κ3) is 4.48. The summed E-state index contributed by atoms with van der Waals surface area (Å²) in [6, 6.07) is 9.38. The normalized spacial score (nSPS) is 15.4. The molecule has 4 nitrogen and oxygen atoms in total. The molecule has 0 bridgehead atoms. The number of ether oxygens (including phenoxy) is 1. The van der Waals surface area contributed by atoms with Crippen LogP contribution in [0.4, 0.5) is 0 Å². The van der Waals surface area contributed by atoms with E-state index in [1.165, 1.54) is 22.6 Å². The Bertz CT molecular complexity index is 771. The van der Waals surface area contributed by atoms with E-state index in [2.05, 4.69) is 30.4 Å². The highest BCUT2D eigenvalue weighted by Crippen LogP contribution is 2.24. The largest absolute Gasteiger partial charge is 0.490 e. The molecular formula is C20H24N2O2S. The zero-order chi connectivity index (χ0) is 17.8. The molecule has 3 rings (SSSR count). The summed E-state index contributed by atoms with van der Waals surface area (Å²) < 4.78 is 5.92. The minimum absolute atomic E-state index is 0.212. The standard InChI is InChI=1S/C20H24N2O2S/c1-13-12-19(15(3)25-13)14(2)21-22-20(23)16-8-10-18(11-9-16)24-17-6-4-5-7-17/h8-12,17H,4-7H2,1-3H3,(H,22,23). The van der Waals surface area contributed by atoms with E-state index in [9.17, 15) is 4.79 Å². The summed E-state index contributed by atoms with van der Waals surface area (Å²) in [4.78, 5) is 14.7. The Kier molecular flexibility index (Phi) is 5.53. The van der Waals surface area contributed by atoms with E-state index >= 15 is 0 Å². The Morgan fingerprint density at radius 3 is 2.48 bits per heavy atom. The number of benzene rings is 1. The molecular weight excluding hydrogens is 332 g/mol. The fourth-order valence-electron chi connectivity index (χ4n) is 3.13. The number of carbonyl (C=O) groups excluding carboxylic acids is 1. The molecule has 25 heavy (non-hydrogen) atoms. The van der Waals surface area contributed by atoms with Crippen molar-refractivity contribution in [3.8, 4) is 5.75 Å². The van der Waals surface area contributed by atoms with Crippen LogP contribution in [0.2, 0.25) is 0 Å². The summed E-state index contributed by atoms with van der Waals surface area (Å²) in [6.45, 7) is 6.05. The van der Waals surface area contributed by atoms with Crippen LogP contribution in [-0.2, 0) is 0 Å². The molecule has 0 aliphatic heterocycles. The van der Waals surface area contributed by atoms with Gasteiger partial charge in [0.15, 0.2) is 0 Å². The quantitative estimate of drug-likeness (QED) is 0.615. The SMILES string of the molecule is CC(=NNC(=O)c1ccc(OC2CCCC2)cc1)c1cc(C)sc1C. The van der Waals surface area contributed by atoms with E-state index in [1.807, 2.05) is 19.1 Å². The van der Waals surface area contributed by atoms with Gasteiger partial charge in [0.2, 0.25) is 0 Å². The number of carbonyl (C=O) groups is 1. The first-order chi connectivity index (χ1) is 12.0. The minimum atomic E-state index is -0.212. The van der Waals surface area contributed by atoms with Gasteiger partial charge in [0.1, 0.15) is 5.75 Å². The molecule has 1 aliphatic carbocycles. The van der Waals surface area contributed by atoms with Crippen molar-refractivity contribution in [2.75, 3.05) is 0 Å². The van der Waals surface area contributed by atoms with Crippen LogP contribution >= 0.6 is 11.3 Å². The van der Waals surface area contributed by atoms with Crippen LogP contribution in [0, 0.1) is 13.8 Å². The maximum Gasteiger partial charge on any atom is 0.271 e. The molecule has 0 atom stereocenters. The number of amides is 1. The predicted octanol–water partition coefficient (Wildman–Crippen LogP) is 4.84. The first kappa shape index (κ1) is 17.7. The zero-order valence-corrected chi connectivity index (χ0v) is 15.8. The molecule has 132 valence electrons. The Morgan fingerprint density at radius 2 is 1.88 bits per heavy atom. The lowest BCUT2D eigenvalue weighted by Crippen LogP contribution is -2.19. The van der Waals surface area contributed by atoms with Gasteiger partial charge in [0, 0.05) is 20.9 Å². The fraction of sp³-hybridized carbons (Fsp3) is 0.400. The van der Waals surface area contributed by atoms with Gasteiger partial charge in [-0.05, 0) is 76.8 Å². The number of nitrogens with zero attached hydrogens (tertiary/aromatic N) is 1. The maximum atomic E-state index is 12.3. The molecule has 1 saturated carbocycles. The molecule has 1 aromatic heterocycles. The van der Waals surface area contributed by atoms with E-state index in [0.29, 0.717) is 11.7 Å². The van der Waals surface area contributed by atoms with Gasteiger partial charge >= 0.3 is 0 Å². The summed E-state index contributed by atoms with van der Waals surface area (Å²) in [5, 5.41) is 4.24. The molecule has 0 radical (unpaired) electrons. The maximum absolute atomic E-state index is 12.3. The first-order valence-electron chi connectivity index (χ1n) is 8.71. The van der Waals surface area contributed by atoms with E-state index in [1.54, 1.807) is 23.5 Å². The average molecular weight is 356 g/mol. The molecule has 0 unspecified atom stereocenters. The van der Waals surface area contributed by atoms with Crippen molar-refractivity contribution >= 4 is 23.0 Å². The van der Waals surface area contributed by atoms with E-state index in [4.69, 9.17) is 4.74 Å². The Hall–Kier alpha value is -2.14. The molecule has 0 saturated heterocycles. The van der Waals surface area contributed by atoms with Crippen molar-refractivity contribution in [1.29, 1.82) is 0 Å². The predicted molar refractivity (Wildman–Crippen MR) is 103 cm³/mol. The van der Waals surface area contributed by atoms with Crippen LogP contribution < -0.4 is 10.2 Å². The highest BCUT2D eigenvalue weighted by molar-refractivity contribution is 7.12. The number of rotatable bonds is 5. The Morgan fingerprint density at radius 1 is 1.20 bits per heavy atom. The molecule has 1 aliphatic rings. The highest BCUT2D eigenvalue weighted by Gasteiger charge is 2.16. The highest BCUT2D eigenvalue weighted by atomic mass is 32.1. The van der Waals surface area contributed by atoms with Crippen LogP contribution in [0.3, 0.4) is 0 Å². The van der Waals surface area contributed by atoms with Gasteiger partial charge in [-0.3, -0.25) is 4.79 Å². The lowest BCUT2D eigenvalue weighted by atomic mass is 10.2. The second-order valence-electron chi connectivity index (χ2n) is 6.51. The summed E-state index contributed by atoms with van der Waals surface area (Å²) in [7, 11) is 0. The third-order valence-electron chi connectivity index (χ3n) is 4.48. The van der Waals surface area contributed by atoms with Crippen molar-refractivity contribution < 1.29 is 9.53 Å². The van der Waals surface area contributed by atoms with Crippen molar-refractivity contribution in [3.63, 3.8) is 0 Å². The topological polar surface area (TPSA) is 50.7 Å². The van der Waals surface area contributed by atoms with Crippen molar-refractivity contribution in [1.82, 2.24) is 5.43 Å². The monoisotopic (exact) mass is 356 g/mol. The number of hydrogen-bond acceptors (Lipinski definition) is 4. The lowest BCUT2D eigenvalue weighted by Gasteiger charge is -2.13. The van der Waals surface area contributed by atoms with E-state index < -0.39 is 0 Å². The number of nitrogens with one attached hydrogen (secondary N) is 1. The molecule has 5 heteroatoms. The molecule has 1 heterocycles. The second kappa shape index (κ2) is 7.83. The van der Waals surface area contributed by atoms with Gasteiger partial charge in [-0.15, -0.1) is 11.3 Å². The van der Waals surface area contributed by atoms with Crippen molar-refractivity contribution in [2.24, 2.45) is 5.10 Å². The summed E-state index contributed by atoms with van der Waals surface area (Å²) in [5.41, 5.74) is 5.12. The van der Waals surface area contributed by atoms with Crippen molar-refractivity contribution in [2.45, 2.75) is 52.6 Å². The third-order valence-corrected chi connectivity index (χ3v) is 5.44. The number of thiophene rings is 1. The molecule has 0 spiro atoms. The number of hydrogen-bond donors (Lipinski definition) is 1. The van der Waals surface area contributed by atoms with Crippen LogP contribution in [0.5, 0.6) is 5.75 Å². The molecule has 1 aromatic carbocycles. The summed E-state index contributed by atoms with van der Waals surface area (Å²) in [5.74, 6) is 0.615. The second-order valence-corrected chi connectivity index (χ2v) is 7.97.